The number of nitrogens with one attached hydrogen (secondary N) is 1. The summed E-state index contributed by atoms with van der Waals surface area (Å²) < 4.78 is 2.06. The number of nitrogens with zero attached hydrogens (tertiary/aromatic N) is 1. The van der Waals surface area contributed by atoms with Crippen molar-refractivity contribution >= 4 is 31.9 Å². The Morgan fingerprint density at radius 3 is 2.69 bits per heavy atom. The first kappa shape index (κ1) is 14.1. The number of rotatable bonds is 6. The molecule has 16 heavy (non-hydrogen) atoms. The second-order valence-corrected chi connectivity index (χ2v) is 5.63. The predicted molar refractivity (Wildman–Crippen MR) is 75.5 cm³/mol. The van der Waals surface area contributed by atoms with Crippen molar-refractivity contribution in [1.82, 2.24) is 10.3 Å². The van der Waals surface area contributed by atoms with Gasteiger partial charge in [0.05, 0.1) is 5.69 Å². The van der Waals surface area contributed by atoms with Gasteiger partial charge < -0.3 is 5.32 Å². The summed E-state index contributed by atoms with van der Waals surface area (Å²) in [5.74, 6) is 0. The molecule has 1 unspecified atom stereocenters. The van der Waals surface area contributed by atoms with Crippen molar-refractivity contribution in [1.29, 1.82) is 0 Å². The molecule has 0 radical (unpaired) electrons. The highest BCUT2D eigenvalue weighted by molar-refractivity contribution is 9.11. The van der Waals surface area contributed by atoms with E-state index in [2.05, 4.69) is 56.0 Å². The zero-order valence-corrected chi connectivity index (χ0v) is 12.9. The van der Waals surface area contributed by atoms with E-state index in [1.807, 2.05) is 12.3 Å². The Morgan fingerprint density at radius 1 is 1.38 bits per heavy atom. The second kappa shape index (κ2) is 7.41. The number of aromatic nitrogens is 1. The van der Waals surface area contributed by atoms with Crippen molar-refractivity contribution in [3.63, 3.8) is 0 Å². The van der Waals surface area contributed by atoms with Gasteiger partial charge >= 0.3 is 0 Å². The molecule has 0 aliphatic heterocycles. The molecule has 2 nitrogen and oxygen atoms in total. The molecule has 90 valence electrons. The number of hydrogen-bond acceptors (Lipinski definition) is 2. The Labute approximate surface area is 114 Å². The maximum Gasteiger partial charge on any atom is 0.0684 e. The van der Waals surface area contributed by atoms with Gasteiger partial charge in [0.15, 0.2) is 0 Å². The van der Waals surface area contributed by atoms with Gasteiger partial charge in [0.1, 0.15) is 0 Å². The first-order chi connectivity index (χ1) is 7.67. The lowest BCUT2D eigenvalue weighted by Crippen LogP contribution is -2.28. The monoisotopic (exact) mass is 348 g/mol. The molecule has 0 aromatic carbocycles. The number of pyridine rings is 1. The van der Waals surface area contributed by atoms with E-state index in [1.165, 1.54) is 19.3 Å². The van der Waals surface area contributed by atoms with Gasteiger partial charge in [0, 0.05) is 27.7 Å². The van der Waals surface area contributed by atoms with Gasteiger partial charge in [-0.3, -0.25) is 4.98 Å². The van der Waals surface area contributed by atoms with Crippen LogP contribution in [0.1, 0.15) is 38.8 Å². The summed E-state index contributed by atoms with van der Waals surface area (Å²) in [5.41, 5.74) is 1.07. The molecular formula is C12H18Br2N2. The molecule has 1 aromatic heterocycles. The third-order valence-electron chi connectivity index (χ3n) is 2.57. The minimum absolute atomic E-state index is 0.599. The van der Waals surface area contributed by atoms with Crippen LogP contribution < -0.4 is 5.32 Å². The van der Waals surface area contributed by atoms with Crippen molar-refractivity contribution < 1.29 is 0 Å². The van der Waals surface area contributed by atoms with Crippen LogP contribution in [0.2, 0.25) is 0 Å². The zero-order chi connectivity index (χ0) is 12.0. The van der Waals surface area contributed by atoms with Gasteiger partial charge in [-0.25, -0.2) is 0 Å². The lowest BCUT2D eigenvalue weighted by atomic mass is 10.1. The molecule has 4 heteroatoms. The van der Waals surface area contributed by atoms with Crippen LogP contribution in [0.5, 0.6) is 0 Å². The average molecular weight is 350 g/mol. The third-order valence-corrected chi connectivity index (χ3v) is 3.69. The van der Waals surface area contributed by atoms with Gasteiger partial charge in [0.2, 0.25) is 0 Å². The highest BCUT2D eigenvalue weighted by atomic mass is 79.9. The Hall–Kier alpha value is 0.0700. The summed E-state index contributed by atoms with van der Waals surface area (Å²) in [6, 6.07) is 2.63. The van der Waals surface area contributed by atoms with Crippen LogP contribution >= 0.6 is 31.9 Å². The van der Waals surface area contributed by atoms with Crippen molar-refractivity contribution in [3.05, 3.63) is 26.9 Å². The zero-order valence-electron chi connectivity index (χ0n) is 9.76. The highest BCUT2D eigenvalue weighted by Gasteiger charge is 2.07. The standard InChI is InChI=1S/C12H18Br2N2/c1-3-5-10(4-2)15-8-12-11(14)6-9(13)7-16-12/h6-7,10,15H,3-5,8H2,1-2H3. The number of halogens is 2. The Bertz CT molecular complexity index is 329. The highest BCUT2D eigenvalue weighted by Crippen LogP contribution is 2.19. The van der Waals surface area contributed by atoms with Crippen LogP contribution in [0.15, 0.2) is 21.2 Å². The summed E-state index contributed by atoms with van der Waals surface area (Å²) in [7, 11) is 0. The fraction of sp³-hybridized carbons (Fsp3) is 0.583. The molecule has 0 saturated heterocycles. The Kier molecular flexibility index (Phi) is 6.54. The maximum atomic E-state index is 4.39. The van der Waals surface area contributed by atoms with Gasteiger partial charge in [-0.1, -0.05) is 20.3 Å². The summed E-state index contributed by atoms with van der Waals surface area (Å²) >= 11 is 6.93. The fourth-order valence-electron chi connectivity index (χ4n) is 1.61. The van der Waals surface area contributed by atoms with Crippen LogP contribution in [0.4, 0.5) is 0 Å². The molecule has 1 rings (SSSR count). The Balaban J connectivity index is 2.53. The minimum atomic E-state index is 0.599. The van der Waals surface area contributed by atoms with Crippen molar-refractivity contribution in [2.45, 2.75) is 45.7 Å². The summed E-state index contributed by atoms with van der Waals surface area (Å²) in [6.07, 6.45) is 5.45. The molecule has 0 spiro atoms. The lowest BCUT2D eigenvalue weighted by Gasteiger charge is -2.16. The molecule has 1 heterocycles. The summed E-state index contributed by atoms with van der Waals surface area (Å²) in [6.45, 7) is 5.27. The molecule has 1 atom stereocenters. The molecule has 0 amide bonds. The first-order valence-electron chi connectivity index (χ1n) is 5.70. The van der Waals surface area contributed by atoms with E-state index in [4.69, 9.17) is 0 Å². The smallest absolute Gasteiger partial charge is 0.0684 e. The van der Waals surface area contributed by atoms with Crippen molar-refractivity contribution in [2.24, 2.45) is 0 Å². The quantitative estimate of drug-likeness (QED) is 0.829. The van der Waals surface area contributed by atoms with Gasteiger partial charge in [0.25, 0.3) is 0 Å². The maximum absolute atomic E-state index is 4.39. The summed E-state index contributed by atoms with van der Waals surface area (Å²) in [4.78, 5) is 4.39. The van der Waals surface area contributed by atoms with E-state index in [0.717, 1.165) is 21.2 Å². The van der Waals surface area contributed by atoms with Gasteiger partial charge in [-0.05, 0) is 50.8 Å². The molecule has 1 aromatic rings. The Morgan fingerprint density at radius 2 is 2.12 bits per heavy atom. The predicted octanol–water partition coefficient (Wildman–Crippen LogP) is 4.27. The molecule has 1 N–H and O–H groups in total. The lowest BCUT2D eigenvalue weighted by molar-refractivity contribution is 0.459. The van der Waals surface area contributed by atoms with Crippen LogP contribution in [-0.4, -0.2) is 11.0 Å². The van der Waals surface area contributed by atoms with E-state index >= 15 is 0 Å². The van der Waals surface area contributed by atoms with Gasteiger partial charge in [-0.2, -0.15) is 0 Å². The van der Waals surface area contributed by atoms with E-state index < -0.39 is 0 Å². The largest absolute Gasteiger partial charge is 0.308 e. The molecule has 0 aliphatic carbocycles. The molecule has 0 saturated carbocycles. The first-order valence-corrected chi connectivity index (χ1v) is 7.29. The molecule has 0 aliphatic rings. The topological polar surface area (TPSA) is 24.9 Å². The average Bonchev–Trinajstić information content (AvgIpc) is 2.26. The fourth-order valence-corrected chi connectivity index (χ4v) is 2.74. The number of hydrogen-bond donors (Lipinski definition) is 1. The minimum Gasteiger partial charge on any atom is -0.308 e. The van der Waals surface area contributed by atoms with Crippen molar-refractivity contribution in [3.8, 4) is 0 Å². The molecule has 0 fully saturated rings. The normalized spacial score (nSPS) is 12.8. The van der Waals surface area contributed by atoms with Crippen molar-refractivity contribution in [2.75, 3.05) is 0 Å². The molecular weight excluding hydrogens is 332 g/mol. The third kappa shape index (κ3) is 4.52. The van der Waals surface area contributed by atoms with E-state index in [0.29, 0.717) is 6.04 Å². The second-order valence-electron chi connectivity index (χ2n) is 3.86. The van der Waals surface area contributed by atoms with Crippen LogP contribution in [0, 0.1) is 0 Å². The van der Waals surface area contributed by atoms with Crippen LogP contribution in [0.3, 0.4) is 0 Å². The summed E-state index contributed by atoms with van der Waals surface area (Å²) in [5, 5.41) is 3.54. The molecule has 0 bridgehead atoms. The van der Waals surface area contributed by atoms with E-state index in [-0.39, 0.29) is 0 Å². The van der Waals surface area contributed by atoms with Crippen LogP contribution in [0.25, 0.3) is 0 Å². The van der Waals surface area contributed by atoms with Crippen LogP contribution in [-0.2, 0) is 6.54 Å². The van der Waals surface area contributed by atoms with E-state index in [9.17, 15) is 0 Å². The van der Waals surface area contributed by atoms with Gasteiger partial charge in [-0.15, -0.1) is 0 Å². The SMILES string of the molecule is CCCC(CC)NCc1ncc(Br)cc1Br. The van der Waals surface area contributed by atoms with E-state index in [1.54, 1.807) is 0 Å².